The van der Waals surface area contributed by atoms with Gasteiger partial charge in [-0.05, 0) is 18.2 Å². The molecule has 1 heterocycles. The number of nitrogen functional groups attached to an aromatic ring is 1. The van der Waals surface area contributed by atoms with Crippen LogP contribution in [0.1, 0.15) is 0 Å². The Labute approximate surface area is 126 Å². The Kier molecular flexibility index (Phi) is 3.97. The molecule has 0 radical (unpaired) electrons. The lowest BCUT2D eigenvalue weighted by molar-refractivity contribution is -0.383. The average Bonchev–Trinajstić information content (AvgIpc) is 2.71. The van der Waals surface area contributed by atoms with Gasteiger partial charge in [0.15, 0.2) is 5.00 Å². The molecule has 0 bridgehead atoms. The largest absolute Gasteiger partial charge is 0.385 e. The van der Waals surface area contributed by atoms with Gasteiger partial charge in [0.1, 0.15) is 4.21 Å². The number of nitrogens with zero attached hydrogens (tertiary/aromatic N) is 1. The number of halogens is 1. The molecule has 0 amide bonds. The van der Waals surface area contributed by atoms with Crippen molar-refractivity contribution in [1.82, 2.24) is 0 Å². The van der Waals surface area contributed by atoms with Crippen molar-refractivity contribution in [3.63, 3.8) is 0 Å². The topological polar surface area (TPSA) is 115 Å². The van der Waals surface area contributed by atoms with Crippen LogP contribution < -0.4 is 10.5 Å². The maximum Gasteiger partial charge on any atom is 0.304 e. The van der Waals surface area contributed by atoms with Crippen LogP contribution in [0.15, 0.2) is 39.0 Å². The second-order valence-corrected chi connectivity index (χ2v) is 7.60. The molecule has 0 aliphatic rings. The third-order valence-electron chi connectivity index (χ3n) is 2.26. The number of nitrogens with two attached hydrogens (primary N) is 1. The molecular weight excluding hydrogens is 370 g/mol. The zero-order valence-electron chi connectivity index (χ0n) is 9.74. The summed E-state index contributed by atoms with van der Waals surface area (Å²) in [6.45, 7) is 0. The van der Waals surface area contributed by atoms with Crippen molar-refractivity contribution in [2.24, 2.45) is 0 Å². The Bertz CT molecular complexity index is 773. The lowest BCUT2D eigenvalue weighted by Crippen LogP contribution is -2.11. The summed E-state index contributed by atoms with van der Waals surface area (Å²) in [5, 5.41) is 10.5. The van der Waals surface area contributed by atoms with E-state index < -0.39 is 20.6 Å². The number of hydrogen-bond acceptors (Lipinski definition) is 6. The molecule has 0 aliphatic carbocycles. The van der Waals surface area contributed by atoms with E-state index in [0.29, 0.717) is 21.5 Å². The van der Waals surface area contributed by atoms with Crippen molar-refractivity contribution in [2.75, 3.05) is 10.5 Å². The van der Waals surface area contributed by atoms with Crippen molar-refractivity contribution in [1.29, 1.82) is 0 Å². The maximum atomic E-state index is 12.1. The Morgan fingerprint density at radius 2 is 2.05 bits per heavy atom. The van der Waals surface area contributed by atoms with Crippen LogP contribution >= 0.6 is 27.3 Å². The molecule has 0 unspecified atom stereocenters. The van der Waals surface area contributed by atoms with Crippen LogP contribution in [0.3, 0.4) is 0 Å². The minimum absolute atomic E-state index is 0.149. The summed E-state index contributed by atoms with van der Waals surface area (Å²) in [5.41, 5.74) is 5.36. The highest BCUT2D eigenvalue weighted by Crippen LogP contribution is 2.35. The molecular formula is C10H8BrN3O4S2. The molecule has 106 valence electrons. The molecule has 0 fully saturated rings. The smallest absolute Gasteiger partial charge is 0.304 e. The third kappa shape index (κ3) is 3.08. The highest BCUT2D eigenvalue weighted by Gasteiger charge is 2.24. The number of benzene rings is 1. The number of hydrogen-bond donors (Lipinski definition) is 2. The van der Waals surface area contributed by atoms with Crippen molar-refractivity contribution in [3.8, 4) is 0 Å². The standard InChI is InChI=1S/C10H8BrN3O4S2/c11-6-2-1-3-7(4-6)13-20(17,18)9-5-8(14(15)16)10(12)19-9/h1-5,13H,12H2. The van der Waals surface area contributed by atoms with Crippen LogP contribution in [0.2, 0.25) is 0 Å². The van der Waals surface area contributed by atoms with Crippen molar-refractivity contribution in [2.45, 2.75) is 4.21 Å². The highest BCUT2D eigenvalue weighted by molar-refractivity contribution is 9.10. The molecule has 0 spiro atoms. The summed E-state index contributed by atoms with van der Waals surface area (Å²) < 4.78 is 27.0. The first-order valence-electron chi connectivity index (χ1n) is 5.11. The van der Waals surface area contributed by atoms with Gasteiger partial charge >= 0.3 is 5.69 Å². The first-order valence-corrected chi connectivity index (χ1v) is 8.21. The molecule has 10 heteroatoms. The number of nitro groups is 1. The van der Waals surface area contributed by atoms with E-state index in [1.165, 1.54) is 0 Å². The normalized spacial score (nSPS) is 11.2. The van der Waals surface area contributed by atoms with Gasteiger partial charge in [0.05, 0.1) is 4.92 Å². The summed E-state index contributed by atoms with van der Waals surface area (Å²) in [4.78, 5) is 9.96. The Morgan fingerprint density at radius 3 is 2.60 bits per heavy atom. The molecule has 3 N–H and O–H groups in total. The predicted octanol–water partition coefficient (Wildman–Crippen LogP) is 2.80. The van der Waals surface area contributed by atoms with Crippen LogP contribution in [0.4, 0.5) is 16.4 Å². The molecule has 7 nitrogen and oxygen atoms in total. The maximum absolute atomic E-state index is 12.1. The molecule has 2 rings (SSSR count). The quantitative estimate of drug-likeness (QED) is 0.627. The van der Waals surface area contributed by atoms with Gasteiger partial charge in [0.25, 0.3) is 10.0 Å². The number of sulfonamides is 1. The number of thiophene rings is 1. The SMILES string of the molecule is Nc1sc(S(=O)(=O)Nc2cccc(Br)c2)cc1[N+](=O)[O-]. The third-order valence-corrected chi connectivity index (χ3v) is 5.56. The minimum Gasteiger partial charge on any atom is -0.385 e. The van der Waals surface area contributed by atoms with Gasteiger partial charge in [0.2, 0.25) is 0 Å². The lowest BCUT2D eigenvalue weighted by atomic mass is 10.3. The van der Waals surface area contributed by atoms with E-state index in [-0.39, 0.29) is 9.21 Å². The van der Waals surface area contributed by atoms with Gasteiger partial charge in [-0.15, -0.1) is 0 Å². The zero-order chi connectivity index (χ0) is 14.9. The Balaban J connectivity index is 2.36. The average molecular weight is 378 g/mol. The van der Waals surface area contributed by atoms with E-state index in [4.69, 9.17) is 5.73 Å². The lowest BCUT2D eigenvalue weighted by Gasteiger charge is -2.05. The highest BCUT2D eigenvalue weighted by atomic mass is 79.9. The Hall–Kier alpha value is -1.65. The minimum atomic E-state index is -3.90. The van der Waals surface area contributed by atoms with Crippen LogP contribution in [-0.4, -0.2) is 13.3 Å². The van der Waals surface area contributed by atoms with E-state index in [2.05, 4.69) is 20.7 Å². The van der Waals surface area contributed by atoms with Gasteiger partial charge in [-0.1, -0.05) is 33.3 Å². The monoisotopic (exact) mass is 377 g/mol. The van der Waals surface area contributed by atoms with E-state index >= 15 is 0 Å². The number of nitrogens with one attached hydrogen (secondary N) is 1. The van der Waals surface area contributed by atoms with Crippen LogP contribution in [0.5, 0.6) is 0 Å². The number of rotatable bonds is 4. The van der Waals surface area contributed by atoms with E-state index in [1.54, 1.807) is 24.3 Å². The van der Waals surface area contributed by atoms with E-state index in [9.17, 15) is 18.5 Å². The van der Waals surface area contributed by atoms with Crippen molar-refractivity contribution >= 4 is 53.7 Å². The molecule has 1 aromatic carbocycles. The fraction of sp³-hybridized carbons (Fsp3) is 0. The fourth-order valence-electron chi connectivity index (χ4n) is 1.41. The van der Waals surface area contributed by atoms with Crippen LogP contribution in [-0.2, 0) is 10.0 Å². The summed E-state index contributed by atoms with van der Waals surface area (Å²) in [5.74, 6) is 0. The first kappa shape index (κ1) is 14.8. The van der Waals surface area contributed by atoms with Crippen molar-refractivity contribution < 1.29 is 13.3 Å². The summed E-state index contributed by atoms with van der Waals surface area (Å²) in [6, 6.07) is 7.48. The van der Waals surface area contributed by atoms with E-state index in [1.807, 2.05) is 0 Å². The molecule has 1 aromatic heterocycles. The molecule has 0 aliphatic heterocycles. The molecule has 0 saturated heterocycles. The summed E-state index contributed by atoms with van der Waals surface area (Å²) >= 11 is 3.87. The van der Waals surface area contributed by atoms with Crippen LogP contribution in [0.25, 0.3) is 0 Å². The summed E-state index contributed by atoms with van der Waals surface area (Å²) in [6.07, 6.45) is 0. The second-order valence-electron chi connectivity index (χ2n) is 3.69. The first-order chi connectivity index (χ1) is 9.29. The van der Waals surface area contributed by atoms with Gasteiger partial charge in [-0.25, -0.2) is 8.42 Å². The molecule has 0 saturated carbocycles. The predicted molar refractivity (Wildman–Crippen MR) is 80.3 cm³/mol. The van der Waals surface area contributed by atoms with E-state index in [0.717, 1.165) is 6.07 Å². The van der Waals surface area contributed by atoms with Gasteiger partial charge < -0.3 is 5.73 Å². The Morgan fingerprint density at radius 1 is 1.35 bits per heavy atom. The van der Waals surface area contributed by atoms with Gasteiger partial charge in [0, 0.05) is 16.2 Å². The molecule has 2 aromatic rings. The number of anilines is 2. The summed E-state index contributed by atoms with van der Waals surface area (Å²) in [7, 11) is -3.90. The zero-order valence-corrected chi connectivity index (χ0v) is 13.0. The molecule has 20 heavy (non-hydrogen) atoms. The van der Waals surface area contributed by atoms with Crippen molar-refractivity contribution in [3.05, 3.63) is 44.9 Å². The van der Waals surface area contributed by atoms with Crippen LogP contribution in [0, 0.1) is 10.1 Å². The fourth-order valence-corrected chi connectivity index (χ4v) is 4.07. The van der Waals surface area contributed by atoms with Gasteiger partial charge in [-0.2, -0.15) is 0 Å². The van der Waals surface area contributed by atoms with Gasteiger partial charge in [-0.3, -0.25) is 14.8 Å². The second kappa shape index (κ2) is 5.38. The molecule has 0 atom stereocenters.